The number of fused-ring (bicyclic) bond motifs is 1. The zero-order valence-corrected chi connectivity index (χ0v) is 18.7. The van der Waals surface area contributed by atoms with Crippen LogP contribution in [0.15, 0.2) is 18.6 Å². The van der Waals surface area contributed by atoms with Crippen LogP contribution in [0.4, 0.5) is 26.2 Å². The molecule has 2 fully saturated rings. The molecule has 4 atom stereocenters. The Labute approximate surface area is 188 Å². The van der Waals surface area contributed by atoms with Gasteiger partial charge in [0.2, 0.25) is 12.4 Å². The van der Waals surface area contributed by atoms with Crippen LogP contribution in [0.5, 0.6) is 0 Å². The van der Waals surface area contributed by atoms with Crippen molar-refractivity contribution in [2.45, 2.75) is 38.0 Å². The van der Waals surface area contributed by atoms with Gasteiger partial charge in [-0.05, 0) is 6.42 Å². The molecule has 0 saturated carbocycles. The van der Waals surface area contributed by atoms with Crippen molar-refractivity contribution < 1.29 is 18.3 Å². The Morgan fingerprint density at radius 3 is 2.84 bits per heavy atom. The van der Waals surface area contributed by atoms with Gasteiger partial charge in [0.05, 0.1) is 36.8 Å². The van der Waals surface area contributed by atoms with E-state index in [4.69, 9.17) is 26.2 Å². The molecule has 9 nitrogen and oxygen atoms in total. The molecular formula is C18H26ClF2N7O2S. The number of anilines is 3. The third kappa shape index (κ3) is 6.62. The molecule has 2 saturated heterocycles. The van der Waals surface area contributed by atoms with Gasteiger partial charge in [-0.3, -0.25) is 9.82 Å². The predicted octanol–water partition coefficient (Wildman–Crippen LogP) is 3.07. The van der Waals surface area contributed by atoms with Crippen molar-refractivity contribution in [2.75, 3.05) is 29.6 Å². The molecule has 2 aliphatic rings. The summed E-state index contributed by atoms with van der Waals surface area (Å²) in [6.07, 6.45) is 4.04. The first-order chi connectivity index (χ1) is 14.9. The largest absolute Gasteiger partial charge is 0.373 e. The number of nitrogens with zero attached hydrogens (tertiary/aromatic N) is 4. The van der Waals surface area contributed by atoms with E-state index in [0.29, 0.717) is 29.1 Å². The SMILES string of the molecule is CC(CSN)C(F)F.Cn1cc(Nc2ncc(Cl)c(NC3COC4CCOC34)n2)cn1. The molecule has 4 unspecified atom stereocenters. The summed E-state index contributed by atoms with van der Waals surface area (Å²) >= 11 is 7.17. The van der Waals surface area contributed by atoms with Gasteiger partial charge >= 0.3 is 0 Å². The first-order valence-electron chi connectivity index (χ1n) is 9.75. The highest BCUT2D eigenvalue weighted by Crippen LogP contribution is 2.30. The average Bonchev–Trinajstić information content (AvgIpc) is 3.44. The van der Waals surface area contributed by atoms with E-state index in [-0.39, 0.29) is 18.2 Å². The summed E-state index contributed by atoms with van der Waals surface area (Å²) in [6.45, 7) is 2.80. The third-order valence-electron chi connectivity index (χ3n) is 4.78. The maximum absolute atomic E-state index is 11.5. The Morgan fingerprint density at radius 2 is 2.19 bits per heavy atom. The molecule has 31 heavy (non-hydrogen) atoms. The van der Waals surface area contributed by atoms with Crippen molar-refractivity contribution >= 4 is 41.0 Å². The molecule has 2 aromatic rings. The minimum Gasteiger partial charge on any atom is -0.373 e. The number of rotatable bonds is 7. The molecular weight excluding hydrogens is 452 g/mol. The fourth-order valence-electron chi connectivity index (χ4n) is 3.13. The fourth-order valence-corrected chi connectivity index (χ4v) is 3.73. The van der Waals surface area contributed by atoms with Crippen molar-refractivity contribution in [3.05, 3.63) is 23.6 Å². The van der Waals surface area contributed by atoms with Gasteiger partial charge in [0, 0.05) is 31.5 Å². The van der Waals surface area contributed by atoms with Crippen LogP contribution >= 0.6 is 23.5 Å². The normalized spacial score (nSPS) is 23.3. The van der Waals surface area contributed by atoms with Gasteiger partial charge in [-0.2, -0.15) is 10.1 Å². The zero-order valence-electron chi connectivity index (χ0n) is 17.2. The Bertz CT molecular complexity index is 847. The minimum absolute atomic E-state index is 0.0427. The lowest BCUT2D eigenvalue weighted by molar-refractivity contribution is 0.0718. The molecule has 0 spiro atoms. The van der Waals surface area contributed by atoms with Crippen LogP contribution in [-0.4, -0.2) is 63.4 Å². The third-order valence-corrected chi connectivity index (χ3v) is 5.78. The van der Waals surface area contributed by atoms with Crippen molar-refractivity contribution in [3.8, 4) is 0 Å². The van der Waals surface area contributed by atoms with Crippen LogP contribution in [0.1, 0.15) is 13.3 Å². The maximum atomic E-state index is 11.5. The van der Waals surface area contributed by atoms with Gasteiger partial charge in [0.15, 0.2) is 5.82 Å². The highest BCUT2D eigenvalue weighted by molar-refractivity contribution is 7.97. The van der Waals surface area contributed by atoms with Crippen LogP contribution in [-0.2, 0) is 16.5 Å². The van der Waals surface area contributed by atoms with Gasteiger partial charge in [-0.25, -0.2) is 13.8 Å². The van der Waals surface area contributed by atoms with Crippen LogP contribution < -0.4 is 15.8 Å². The van der Waals surface area contributed by atoms with Crippen LogP contribution in [0.2, 0.25) is 5.02 Å². The van der Waals surface area contributed by atoms with E-state index in [1.807, 2.05) is 13.2 Å². The standard InChI is InChI=1S/C14H17ClN6O2.C4H9F2NS/c1-21-6-8(4-17-21)18-14-16-5-9(15)13(20-14)19-10-7-23-11-2-3-22-12(10)11;1-3(2-8-7)4(5)6/h4-6,10-12H,2-3,7H2,1H3,(H2,16,18,19,20);3-4H,2,7H2,1H3. The Kier molecular flexibility index (Phi) is 8.67. The highest BCUT2D eigenvalue weighted by atomic mass is 35.5. The number of hydrogen-bond acceptors (Lipinski definition) is 9. The second-order valence-electron chi connectivity index (χ2n) is 7.31. The van der Waals surface area contributed by atoms with Crippen molar-refractivity contribution in [2.24, 2.45) is 18.1 Å². The van der Waals surface area contributed by atoms with E-state index < -0.39 is 12.3 Å². The second-order valence-corrected chi connectivity index (χ2v) is 8.38. The first-order valence-corrected chi connectivity index (χ1v) is 11.2. The van der Waals surface area contributed by atoms with E-state index in [1.54, 1.807) is 17.1 Å². The number of aromatic nitrogens is 4. The van der Waals surface area contributed by atoms with Gasteiger partial charge < -0.3 is 20.1 Å². The number of ether oxygens (including phenoxy) is 2. The smallest absolute Gasteiger partial charge is 0.242 e. The van der Waals surface area contributed by atoms with E-state index >= 15 is 0 Å². The number of alkyl halides is 2. The molecule has 172 valence electrons. The lowest BCUT2D eigenvalue weighted by Crippen LogP contribution is -2.34. The molecule has 13 heteroatoms. The molecule has 4 heterocycles. The Morgan fingerprint density at radius 1 is 1.39 bits per heavy atom. The Hall–Kier alpha value is -1.73. The summed E-state index contributed by atoms with van der Waals surface area (Å²) in [5, 5.41) is 15.9. The van der Waals surface area contributed by atoms with Crippen molar-refractivity contribution in [1.82, 2.24) is 19.7 Å². The number of hydrogen-bond donors (Lipinski definition) is 3. The summed E-state index contributed by atoms with van der Waals surface area (Å²) in [7, 11) is 1.85. The van der Waals surface area contributed by atoms with Gasteiger partial charge in [-0.1, -0.05) is 30.5 Å². The number of nitrogens with one attached hydrogen (secondary N) is 2. The van der Waals surface area contributed by atoms with Gasteiger partial charge in [0.25, 0.3) is 0 Å². The molecule has 4 N–H and O–H groups in total. The zero-order chi connectivity index (χ0) is 22.4. The highest BCUT2D eigenvalue weighted by Gasteiger charge is 2.42. The lowest BCUT2D eigenvalue weighted by Gasteiger charge is -2.19. The quantitative estimate of drug-likeness (QED) is 0.518. The van der Waals surface area contributed by atoms with Gasteiger partial charge in [0.1, 0.15) is 11.1 Å². The lowest BCUT2D eigenvalue weighted by atomic mass is 10.1. The monoisotopic (exact) mass is 477 g/mol. The molecule has 0 radical (unpaired) electrons. The summed E-state index contributed by atoms with van der Waals surface area (Å²) in [4.78, 5) is 8.63. The number of nitrogens with two attached hydrogens (primary N) is 1. The van der Waals surface area contributed by atoms with E-state index in [2.05, 4.69) is 25.7 Å². The van der Waals surface area contributed by atoms with E-state index in [0.717, 1.165) is 30.7 Å². The van der Waals surface area contributed by atoms with Crippen molar-refractivity contribution in [1.29, 1.82) is 0 Å². The minimum atomic E-state index is -2.23. The molecule has 4 rings (SSSR count). The summed E-state index contributed by atoms with van der Waals surface area (Å²) < 4.78 is 36.3. The van der Waals surface area contributed by atoms with Gasteiger partial charge in [-0.15, -0.1) is 0 Å². The molecule has 2 aliphatic heterocycles. The molecule has 0 aliphatic carbocycles. The van der Waals surface area contributed by atoms with Crippen LogP contribution in [0.3, 0.4) is 0 Å². The second kappa shape index (κ2) is 11.2. The predicted molar refractivity (Wildman–Crippen MR) is 117 cm³/mol. The number of aryl methyl sites for hydroxylation is 1. The van der Waals surface area contributed by atoms with Crippen molar-refractivity contribution in [3.63, 3.8) is 0 Å². The average molecular weight is 478 g/mol. The summed E-state index contributed by atoms with van der Waals surface area (Å²) in [5.74, 6) is 0.771. The first kappa shape index (κ1) is 23.9. The molecule has 0 aromatic carbocycles. The van der Waals surface area contributed by atoms with Crippen LogP contribution in [0.25, 0.3) is 0 Å². The fraction of sp³-hybridized carbons (Fsp3) is 0.611. The van der Waals surface area contributed by atoms with Crippen LogP contribution in [0, 0.1) is 5.92 Å². The summed E-state index contributed by atoms with van der Waals surface area (Å²) in [5.41, 5.74) is 0.809. The van der Waals surface area contributed by atoms with E-state index in [9.17, 15) is 8.78 Å². The molecule has 2 aromatic heterocycles. The van der Waals surface area contributed by atoms with E-state index in [1.165, 1.54) is 6.92 Å². The number of halogens is 3. The molecule has 0 bridgehead atoms. The summed E-state index contributed by atoms with van der Waals surface area (Å²) in [6, 6.07) is 0.0427. The molecule has 0 amide bonds. The maximum Gasteiger partial charge on any atom is 0.242 e. The topological polar surface area (TPSA) is 112 Å². The Balaban J connectivity index is 0.000000293.